The van der Waals surface area contributed by atoms with E-state index in [-0.39, 0.29) is 18.7 Å². The van der Waals surface area contributed by atoms with Gasteiger partial charge in [-0.25, -0.2) is 4.99 Å². The van der Waals surface area contributed by atoms with Gasteiger partial charge < -0.3 is 10.1 Å². The van der Waals surface area contributed by atoms with Crippen molar-refractivity contribution in [3.63, 3.8) is 0 Å². The Bertz CT molecular complexity index is 758. The lowest BCUT2D eigenvalue weighted by Gasteiger charge is -2.16. The minimum Gasteiger partial charge on any atom is -0.469 e. The fraction of sp³-hybridized carbons (Fsp3) is 0.211. The third-order valence-electron chi connectivity index (χ3n) is 3.53. The van der Waals surface area contributed by atoms with E-state index in [1.54, 1.807) is 12.2 Å². The summed E-state index contributed by atoms with van der Waals surface area (Å²) in [5.74, 6) is -0.687. The molecule has 0 fully saturated rings. The lowest BCUT2D eigenvalue weighted by Crippen LogP contribution is -2.29. The van der Waals surface area contributed by atoms with E-state index in [1.165, 1.54) is 7.11 Å². The third kappa shape index (κ3) is 4.52. The molecule has 1 N–H and O–H groups in total. The molecule has 5 heteroatoms. The van der Waals surface area contributed by atoms with Crippen LogP contribution in [0.5, 0.6) is 0 Å². The van der Waals surface area contributed by atoms with Crippen LogP contribution in [-0.4, -0.2) is 24.7 Å². The second-order valence-corrected chi connectivity index (χ2v) is 5.34. The van der Waals surface area contributed by atoms with Crippen molar-refractivity contribution < 1.29 is 14.3 Å². The summed E-state index contributed by atoms with van der Waals surface area (Å²) >= 11 is 0. The van der Waals surface area contributed by atoms with Crippen LogP contribution >= 0.6 is 0 Å². The molecule has 0 saturated carbocycles. The Balaban J connectivity index is 2.18. The zero-order valence-corrected chi connectivity index (χ0v) is 13.8. The molecule has 0 atom stereocenters. The summed E-state index contributed by atoms with van der Waals surface area (Å²) in [6.45, 7) is 5.95. The van der Waals surface area contributed by atoms with Crippen molar-refractivity contribution in [3.8, 4) is 0 Å². The molecule has 5 nitrogen and oxygen atoms in total. The van der Waals surface area contributed by atoms with E-state index >= 15 is 0 Å². The molecule has 1 aromatic carbocycles. The molecule has 0 radical (unpaired) electrons. The van der Waals surface area contributed by atoms with Crippen molar-refractivity contribution >= 4 is 23.3 Å². The van der Waals surface area contributed by atoms with Gasteiger partial charge in [0.25, 0.3) is 0 Å². The zero-order valence-electron chi connectivity index (χ0n) is 13.8. The highest BCUT2D eigenvalue weighted by Gasteiger charge is 2.16. The fourth-order valence-electron chi connectivity index (χ4n) is 2.16. The number of ether oxygens (including phenoxy) is 1. The van der Waals surface area contributed by atoms with Gasteiger partial charge in [-0.3, -0.25) is 9.59 Å². The van der Waals surface area contributed by atoms with Gasteiger partial charge in [0.05, 0.1) is 30.6 Å². The summed E-state index contributed by atoms with van der Waals surface area (Å²) in [7, 11) is 1.30. The van der Waals surface area contributed by atoms with Crippen molar-refractivity contribution in [1.29, 1.82) is 0 Å². The summed E-state index contributed by atoms with van der Waals surface area (Å²) in [6, 6.07) is 7.73. The van der Waals surface area contributed by atoms with Gasteiger partial charge in [0.15, 0.2) is 0 Å². The topological polar surface area (TPSA) is 67.8 Å². The molecule has 0 aliphatic heterocycles. The van der Waals surface area contributed by atoms with E-state index in [0.29, 0.717) is 17.0 Å². The molecule has 2 rings (SSSR count). The standard InChI is InChI=1S/C19H20N2O3/c1-13-7-4-5-9-15(13)21-19-14(2)8-6-10-16(19)20-17(22)11-12-18(23)24-3/h4-10H,2,11-12H2,1,3H3,(H,20,22). The van der Waals surface area contributed by atoms with E-state index in [0.717, 1.165) is 11.3 Å². The van der Waals surface area contributed by atoms with E-state index in [2.05, 4.69) is 21.6 Å². The van der Waals surface area contributed by atoms with Gasteiger partial charge in [0.2, 0.25) is 5.91 Å². The maximum atomic E-state index is 12.0. The van der Waals surface area contributed by atoms with Crippen LogP contribution in [0.3, 0.4) is 0 Å². The highest BCUT2D eigenvalue weighted by atomic mass is 16.5. The van der Waals surface area contributed by atoms with Gasteiger partial charge in [-0.05, 0) is 30.2 Å². The SMILES string of the molecule is C=C1C=CC=C(NC(=O)CCC(=O)OC)C1=Nc1ccccc1C. The lowest BCUT2D eigenvalue weighted by molar-refractivity contribution is -0.142. The van der Waals surface area contributed by atoms with Gasteiger partial charge in [0, 0.05) is 6.42 Å². The number of benzene rings is 1. The number of amides is 1. The summed E-state index contributed by atoms with van der Waals surface area (Å²) in [6.07, 6.45) is 5.49. The summed E-state index contributed by atoms with van der Waals surface area (Å²) in [4.78, 5) is 27.8. The molecule has 1 aliphatic carbocycles. The smallest absolute Gasteiger partial charge is 0.306 e. The molecule has 0 aromatic heterocycles. The average molecular weight is 324 g/mol. The van der Waals surface area contributed by atoms with Crippen molar-refractivity contribution in [2.24, 2.45) is 4.99 Å². The van der Waals surface area contributed by atoms with Crippen LogP contribution in [0, 0.1) is 6.92 Å². The molecule has 0 unspecified atom stereocenters. The maximum absolute atomic E-state index is 12.0. The Morgan fingerprint density at radius 2 is 2.00 bits per heavy atom. The number of hydrogen-bond donors (Lipinski definition) is 1. The first-order chi connectivity index (χ1) is 11.5. The van der Waals surface area contributed by atoms with Gasteiger partial charge in [-0.15, -0.1) is 0 Å². The van der Waals surface area contributed by atoms with E-state index in [9.17, 15) is 9.59 Å². The molecule has 1 aliphatic rings. The molecule has 0 bridgehead atoms. The van der Waals surface area contributed by atoms with Crippen LogP contribution in [0.1, 0.15) is 18.4 Å². The number of allylic oxidation sites excluding steroid dienone is 4. The van der Waals surface area contributed by atoms with E-state index in [4.69, 9.17) is 0 Å². The minimum absolute atomic E-state index is 0.0384. The number of nitrogens with zero attached hydrogens (tertiary/aromatic N) is 1. The monoisotopic (exact) mass is 324 g/mol. The van der Waals surface area contributed by atoms with Crippen molar-refractivity contribution in [2.45, 2.75) is 19.8 Å². The van der Waals surface area contributed by atoms with Crippen molar-refractivity contribution in [1.82, 2.24) is 5.32 Å². The summed E-state index contributed by atoms with van der Waals surface area (Å²) in [5.41, 5.74) is 3.74. The van der Waals surface area contributed by atoms with Crippen LogP contribution in [0.4, 0.5) is 5.69 Å². The van der Waals surface area contributed by atoms with Crippen LogP contribution in [-0.2, 0) is 14.3 Å². The second kappa shape index (κ2) is 8.06. The number of nitrogens with one attached hydrogen (secondary N) is 1. The molecule has 0 heterocycles. The molecule has 124 valence electrons. The number of rotatable bonds is 5. The first-order valence-corrected chi connectivity index (χ1v) is 7.60. The van der Waals surface area contributed by atoms with Crippen molar-refractivity contribution in [3.05, 3.63) is 65.9 Å². The molecular formula is C19H20N2O3. The van der Waals surface area contributed by atoms with Crippen LogP contribution in [0.25, 0.3) is 0 Å². The normalized spacial score (nSPS) is 15.2. The first kappa shape index (κ1) is 17.4. The first-order valence-electron chi connectivity index (χ1n) is 7.60. The molecular weight excluding hydrogens is 304 g/mol. The van der Waals surface area contributed by atoms with Crippen LogP contribution < -0.4 is 5.32 Å². The Hall–Kier alpha value is -2.95. The van der Waals surface area contributed by atoms with Crippen LogP contribution in [0.2, 0.25) is 0 Å². The van der Waals surface area contributed by atoms with E-state index in [1.807, 2.05) is 37.3 Å². The Kier molecular flexibility index (Phi) is 5.84. The van der Waals surface area contributed by atoms with Gasteiger partial charge in [-0.1, -0.05) is 36.9 Å². The van der Waals surface area contributed by atoms with Crippen LogP contribution in [0.15, 0.2) is 65.3 Å². The molecule has 0 spiro atoms. The lowest BCUT2D eigenvalue weighted by atomic mass is 10.0. The fourth-order valence-corrected chi connectivity index (χ4v) is 2.16. The van der Waals surface area contributed by atoms with Gasteiger partial charge in [-0.2, -0.15) is 0 Å². The second-order valence-electron chi connectivity index (χ2n) is 5.34. The number of carbonyl (C=O) groups excluding carboxylic acids is 2. The predicted molar refractivity (Wildman–Crippen MR) is 94.0 cm³/mol. The highest BCUT2D eigenvalue weighted by molar-refractivity contribution is 6.17. The Morgan fingerprint density at radius 1 is 1.25 bits per heavy atom. The average Bonchev–Trinajstić information content (AvgIpc) is 2.57. The van der Waals surface area contributed by atoms with Gasteiger partial charge in [0.1, 0.15) is 0 Å². The third-order valence-corrected chi connectivity index (χ3v) is 3.53. The van der Waals surface area contributed by atoms with Crippen molar-refractivity contribution in [2.75, 3.05) is 7.11 Å². The summed E-state index contributed by atoms with van der Waals surface area (Å²) < 4.78 is 4.54. The number of aryl methyl sites for hydroxylation is 1. The Labute approximate surface area is 141 Å². The number of hydrogen-bond acceptors (Lipinski definition) is 4. The molecule has 24 heavy (non-hydrogen) atoms. The predicted octanol–water partition coefficient (Wildman–Crippen LogP) is 3.15. The molecule has 1 amide bonds. The number of carbonyl (C=O) groups is 2. The number of esters is 1. The number of methoxy groups -OCH3 is 1. The molecule has 0 saturated heterocycles. The van der Waals surface area contributed by atoms with E-state index < -0.39 is 5.97 Å². The largest absolute Gasteiger partial charge is 0.469 e. The molecule has 1 aromatic rings. The quantitative estimate of drug-likeness (QED) is 0.846. The zero-order chi connectivity index (χ0) is 17.5. The minimum atomic E-state index is -0.416. The number of para-hydroxylation sites is 1. The van der Waals surface area contributed by atoms with Gasteiger partial charge >= 0.3 is 5.97 Å². The summed E-state index contributed by atoms with van der Waals surface area (Å²) in [5, 5.41) is 2.79. The number of aliphatic imine (C=N–C) groups is 1. The Morgan fingerprint density at radius 3 is 2.71 bits per heavy atom. The maximum Gasteiger partial charge on any atom is 0.306 e. The highest BCUT2D eigenvalue weighted by Crippen LogP contribution is 2.22.